The molecule has 1 aromatic carbocycles. The maximum absolute atomic E-state index is 11.5. The zero-order valence-electron chi connectivity index (χ0n) is 10.7. The second kappa shape index (κ2) is 4.94. The number of rotatable bonds is 4. The number of hydrogen-bond donors (Lipinski definition) is 2. The summed E-state index contributed by atoms with van der Waals surface area (Å²) < 4.78 is 23.1. The van der Waals surface area contributed by atoms with E-state index in [0.29, 0.717) is 12.0 Å². The highest BCUT2D eigenvalue weighted by Crippen LogP contribution is 2.26. The van der Waals surface area contributed by atoms with Gasteiger partial charge in [0.2, 0.25) is 0 Å². The molecule has 1 aliphatic heterocycles. The molecule has 0 saturated carbocycles. The fourth-order valence-electron chi connectivity index (χ4n) is 2.41. The maximum Gasteiger partial charge on any atom is 0.325 e. The minimum atomic E-state index is -3.06. The Morgan fingerprint density at radius 2 is 2.00 bits per heavy atom. The second-order valence-corrected chi connectivity index (χ2v) is 7.41. The van der Waals surface area contributed by atoms with Crippen LogP contribution in [-0.4, -0.2) is 36.5 Å². The molecule has 0 aliphatic carbocycles. The van der Waals surface area contributed by atoms with Gasteiger partial charge in [-0.25, -0.2) is 8.42 Å². The fourth-order valence-corrected chi connectivity index (χ4v) is 4.51. The van der Waals surface area contributed by atoms with Gasteiger partial charge < -0.3 is 5.11 Å². The summed E-state index contributed by atoms with van der Waals surface area (Å²) in [4.78, 5) is 11.4. The first-order valence-electron chi connectivity index (χ1n) is 6.07. The number of hydrogen-bond acceptors (Lipinski definition) is 4. The van der Waals surface area contributed by atoms with Crippen LogP contribution in [0.2, 0.25) is 0 Å². The molecule has 0 radical (unpaired) electrons. The number of carbonyl (C=O) groups is 1. The molecule has 19 heavy (non-hydrogen) atoms. The summed E-state index contributed by atoms with van der Waals surface area (Å²) in [6.45, 7) is 1.76. The molecular weight excluding hydrogens is 266 g/mol. The standard InChI is InChI=1S/C13H17NO4S/c1-13(7-8-19(17,18)9-13)14-11(12(15)16)10-5-3-2-4-6-10/h2-6,11,14H,7-9H2,1H3,(H,15,16). The van der Waals surface area contributed by atoms with Crippen molar-refractivity contribution in [3.05, 3.63) is 35.9 Å². The third-order valence-electron chi connectivity index (χ3n) is 3.38. The van der Waals surface area contributed by atoms with E-state index in [-0.39, 0.29) is 11.5 Å². The second-order valence-electron chi connectivity index (χ2n) is 5.23. The van der Waals surface area contributed by atoms with Crippen molar-refractivity contribution in [2.75, 3.05) is 11.5 Å². The highest BCUT2D eigenvalue weighted by Gasteiger charge is 2.41. The van der Waals surface area contributed by atoms with Crippen LogP contribution in [0.25, 0.3) is 0 Å². The van der Waals surface area contributed by atoms with Gasteiger partial charge in [-0.2, -0.15) is 0 Å². The van der Waals surface area contributed by atoms with E-state index >= 15 is 0 Å². The molecule has 0 amide bonds. The molecule has 1 aliphatic rings. The number of carboxylic acids is 1. The van der Waals surface area contributed by atoms with Gasteiger partial charge >= 0.3 is 5.97 Å². The van der Waals surface area contributed by atoms with E-state index in [2.05, 4.69) is 5.32 Å². The van der Waals surface area contributed by atoms with E-state index in [0.717, 1.165) is 0 Å². The Bertz CT molecular complexity index is 570. The van der Waals surface area contributed by atoms with E-state index in [1.165, 1.54) is 0 Å². The van der Waals surface area contributed by atoms with Crippen LogP contribution < -0.4 is 5.32 Å². The van der Waals surface area contributed by atoms with Crippen molar-refractivity contribution in [1.29, 1.82) is 0 Å². The highest BCUT2D eigenvalue weighted by molar-refractivity contribution is 7.91. The van der Waals surface area contributed by atoms with Crippen LogP contribution in [0.5, 0.6) is 0 Å². The molecule has 2 rings (SSSR count). The summed E-state index contributed by atoms with van der Waals surface area (Å²) in [5.41, 5.74) is -0.0573. The monoisotopic (exact) mass is 283 g/mol. The first kappa shape index (κ1) is 14.0. The van der Waals surface area contributed by atoms with E-state index in [1.807, 2.05) is 6.07 Å². The predicted molar refractivity (Wildman–Crippen MR) is 71.6 cm³/mol. The van der Waals surface area contributed by atoms with Crippen LogP contribution in [0.15, 0.2) is 30.3 Å². The summed E-state index contributed by atoms with van der Waals surface area (Å²) in [7, 11) is -3.06. The zero-order valence-corrected chi connectivity index (χ0v) is 11.5. The molecule has 1 fully saturated rings. The van der Waals surface area contributed by atoms with Crippen LogP contribution in [0.4, 0.5) is 0 Å². The summed E-state index contributed by atoms with van der Waals surface area (Å²) in [5.74, 6) is -0.912. The molecule has 1 aromatic rings. The quantitative estimate of drug-likeness (QED) is 0.860. The molecule has 0 spiro atoms. The molecule has 0 aromatic heterocycles. The summed E-state index contributed by atoms with van der Waals surface area (Å²) in [6.07, 6.45) is 0.436. The molecule has 5 nitrogen and oxygen atoms in total. The van der Waals surface area contributed by atoms with Crippen molar-refractivity contribution >= 4 is 15.8 Å². The van der Waals surface area contributed by atoms with Gasteiger partial charge in [0, 0.05) is 5.54 Å². The van der Waals surface area contributed by atoms with E-state index < -0.39 is 27.4 Å². The lowest BCUT2D eigenvalue weighted by Crippen LogP contribution is -2.47. The Morgan fingerprint density at radius 3 is 2.47 bits per heavy atom. The molecule has 1 heterocycles. The van der Waals surface area contributed by atoms with Gasteiger partial charge in [-0.15, -0.1) is 0 Å². The summed E-state index contributed by atoms with van der Waals surface area (Å²) >= 11 is 0. The van der Waals surface area contributed by atoms with Gasteiger partial charge in [-0.1, -0.05) is 30.3 Å². The van der Waals surface area contributed by atoms with Crippen LogP contribution >= 0.6 is 0 Å². The van der Waals surface area contributed by atoms with E-state index in [1.54, 1.807) is 31.2 Å². The number of benzene rings is 1. The third kappa shape index (κ3) is 3.33. The molecule has 6 heteroatoms. The van der Waals surface area contributed by atoms with Gasteiger partial charge in [0.15, 0.2) is 9.84 Å². The number of nitrogens with one attached hydrogen (secondary N) is 1. The zero-order chi connectivity index (χ0) is 14.1. The molecule has 2 atom stereocenters. The maximum atomic E-state index is 11.5. The molecule has 104 valence electrons. The van der Waals surface area contributed by atoms with E-state index in [9.17, 15) is 18.3 Å². The number of aliphatic carboxylic acids is 1. The third-order valence-corrected chi connectivity index (χ3v) is 5.28. The molecular formula is C13H17NO4S. The van der Waals surface area contributed by atoms with Crippen LogP contribution in [0, 0.1) is 0 Å². The Morgan fingerprint density at radius 1 is 1.37 bits per heavy atom. The Balaban J connectivity index is 2.22. The Kier molecular flexibility index (Phi) is 3.64. The normalized spacial score (nSPS) is 27.0. The van der Waals surface area contributed by atoms with Crippen molar-refractivity contribution in [2.24, 2.45) is 0 Å². The summed E-state index contributed by atoms with van der Waals surface area (Å²) in [5, 5.41) is 12.3. The van der Waals surface area contributed by atoms with Gasteiger partial charge in [0.1, 0.15) is 6.04 Å². The lowest BCUT2D eigenvalue weighted by Gasteiger charge is -2.28. The minimum absolute atomic E-state index is 0.0172. The first-order valence-corrected chi connectivity index (χ1v) is 7.89. The summed E-state index contributed by atoms with van der Waals surface area (Å²) in [6, 6.07) is 7.89. The van der Waals surface area contributed by atoms with Gasteiger partial charge in [0.25, 0.3) is 0 Å². The lowest BCUT2D eigenvalue weighted by molar-refractivity contribution is -0.140. The van der Waals surface area contributed by atoms with Crippen LogP contribution in [0.3, 0.4) is 0 Å². The Labute approximate surface area is 112 Å². The topological polar surface area (TPSA) is 83.5 Å². The largest absolute Gasteiger partial charge is 0.480 e. The molecule has 0 bridgehead atoms. The predicted octanol–water partition coefficient (Wildman–Crippen LogP) is 0.979. The fraction of sp³-hybridized carbons (Fsp3) is 0.462. The van der Waals surface area contributed by atoms with Gasteiger partial charge in [-0.05, 0) is 18.9 Å². The van der Waals surface area contributed by atoms with Crippen molar-refractivity contribution in [2.45, 2.75) is 24.9 Å². The lowest BCUT2D eigenvalue weighted by atomic mass is 9.97. The first-order chi connectivity index (χ1) is 8.81. The molecule has 2 unspecified atom stereocenters. The average molecular weight is 283 g/mol. The number of sulfone groups is 1. The van der Waals surface area contributed by atoms with Crippen LogP contribution in [-0.2, 0) is 14.6 Å². The highest BCUT2D eigenvalue weighted by atomic mass is 32.2. The number of carboxylic acid groups (broad SMARTS) is 1. The molecule has 1 saturated heterocycles. The van der Waals surface area contributed by atoms with Crippen molar-refractivity contribution in [3.63, 3.8) is 0 Å². The van der Waals surface area contributed by atoms with E-state index in [4.69, 9.17) is 0 Å². The smallest absolute Gasteiger partial charge is 0.325 e. The van der Waals surface area contributed by atoms with Crippen molar-refractivity contribution in [3.8, 4) is 0 Å². The van der Waals surface area contributed by atoms with Gasteiger partial charge in [0.05, 0.1) is 11.5 Å². The minimum Gasteiger partial charge on any atom is -0.480 e. The van der Waals surface area contributed by atoms with Gasteiger partial charge in [-0.3, -0.25) is 10.1 Å². The molecule has 2 N–H and O–H groups in total. The average Bonchev–Trinajstić information content (AvgIpc) is 2.62. The Hall–Kier alpha value is -1.40. The van der Waals surface area contributed by atoms with Crippen molar-refractivity contribution in [1.82, 2.24) is 5.32 Å². The van der Waals surface area contributed by atoms with Crippen molar-refractivity contribution < 1.29 is 18.3 Å². The van der Waals surface area contributed by atoms with Crippen LogP contribution in [0.1, 0.15) is 24.9 Å². The SMILES string of the molecule is CC1(NC(C(=O)O)c2ccccc2)CCS(=O)(=O)C1.